The van der Waals surface area contributed by atoms with E-state index >= 15 is 0 Å². The molecule has 1 aromatic heterocycles. The second-order valence-electron chi connectivity index (χ2n) is 5.94. The fraction of sp³-hybridized carbons (Fsp3) is 0.600. The number of hydrogen-bond donors (Lipinski definition) is 2. The van der Waals surface area contributed by atoms with E-state index in [1.165, 1.54) is 4.88 Å². The van der Waals surface area contributed by atoms with E-state index in [1.807, 2.05) is 11.4 Å². The zero-order valence-corrected chi connectivity index (χ0v) is 13.5. The van der Waals surface area contributed by atoms with Crippen LogP contribution in [0.5, 0.6) is 0 Å². The van der Waals surface area contributed by atoms with Gasteiger partial charge in [0.15, 0.2) is 0 Å². The Hall–Kier alpha value is -1.40. The molecule has 6 heteroatoms. The van der Waals surface area contributed by atoms with Crippen molar-refractivity contribution in [2.24, 2.45) is 0 Å². The van der Waals surface area contributed by atoms with Crippen LogP contribution in [0.15, 0.2) is 17.5 Å². The number of carbonyl (C=O) groups is 2. The van der Waals surface area contributed by atoms with E-state index in [9.17, 15) is 9.59 Å². The van der Waals surface area contributed by atoms with Crippen molar-refractivity contribution >= 4 is 23.2 Å². The first-order valence-electron chi connectivity index (χ1n) is 7.32. The molecule has 0 aromatic carbocycles. The SMILES string of the molecule is CC(C)(CNC(=O)C(=O)N1CCCNCC1)c1cccs1. The molecule has 5 nitrogen and oxygen atoms in total. The van der Waals surface area contributed by atoms with Crippen LogP contribution in [0.25, 0.3) is 0 Å². The molecule has 116 valence electrons. The van der Waals surface area contributed by atoms with Gasteiger partial charge >= 0.3 is 11.8 Å². The second-order valence-corrected chi connectivity index (χ2v) is 6.89. The fourth-order valence-electron chi connectivity index (χ4n) is 2.32. The minimum absolute atomic E-state index is 0.162. The number of rotatable bonds is 3. The lowest BCUT2D eigenvalue weighted by atomic mass is 9.91. The first-order chi connectivity index (χ1) is 10.0. The minimum Gasteiger partial charge on any atom is -0.347 e. The summed E-state index contributed by atoms with van der Waals surface area (Å²) < 4.78 is 0. The van der Waals surface area contributed by atoms with Crippen molar-refractivity contribution in [2.75, 3.05) is 32.7 Å². The molecule has 1 saturated heterocycles. The zero-order chi connectivity index (χ0) is 15.3. The summed E-state index contributed by atoms with van der Waals surface area (Å²) in [6.07, 6.45) is 0.889. The maximum Gasteiger partial charge on any atom is 0.311 e. The zero-order valence-electron chi connectivity index (χ0n) is 12.6. The lowest BCUT2D eigenvalue weighted by molar-refractivity contribution is -0.145. The standard InChI is InChI=1S/C15H23N3O2S/c1-15(2,12-5-3-10-21-12)11-17-13(19)14(20)18-8-4-6-16-7-9-18/h3,5,10,16H,4,6-9,11H2,1-2H3,(H,17,19). The number of thiophene rings is 1. The molecule has 0 atom stereocenters. The average Bonchev–Trinajstić information content (AvgIpc) is 2.88. The van der Waals surface area contributed by atoms with Gasteiger partial charge in [0.25, 0.3) is 0 Å². The Labute approximate surface area is 129 Å². The average molecular weight is 309 g/mol. The molecule has 2 N–H and O–H groups in total. The quantitative estimate of drug-likeness (QED) is 0.818. The number of hydrogen-bond acceptors (Lipinski definition) is 4. The summed E-state index contributed by atoms with van der Waals surface area (Å²) in [5.41, 5.74) is -0.162. The Morgan fingerprint density at radius 3 is 2.90 bits per heavy atom. The molecule has 1 aliphatic rings. The summed E-state index contributed by atoms with van der Waals surface area (Å²) in [6, 6.07) is 4.05. The number of nitrogens with one attached hydrogen (secondary N) is 2. The van der Waals surface area contributed by atoms with Crippen molar-refractivity contribution < 1.29 is 9.59 Å². The lowest BCUT2D eigenvalue weighted by Gasteiger charge is -2.25. The lowest BCUT2D eigenvalue weighted by Crippen LogP contribution is -2.47. The van der Waals surface area contributed by atoms with E-state index < -0.39 is 11.8 Å². The highest BCUT2D eigenvalue weighted by atomic mass is 32.1. The van der Waals surface area contributed by atoms with Gasteiger partial charge in [0.2, 0.25) is 0 Å². The van der Waals surface area contributed by atoms with Crippen LogP contribution in [0.4, 0.5) is 0 Å². The third-order valence-electron chi connectivity index (χ3n) is 3.70. The second kappa shape index (κ2) is 7.04. The Morgan fingerprint density at radius 2 is 2.19 bits per heavy atom. The van der Waals surface area contributed by atoms with Crippen LogP contribution in [0.1, 0.15) is 25.1 Å². The molecule has 2 heterocycles. The molecular formula is C15H23N3O2S. The van der Waals surface area contributed by atoms with E-state index in [2.05, 4.69) is 30.5 Å². The van der Waals surface area contributed by atoms with Gasteiger partial charge in [0.1, 0.15) is 0 Å². The molecule has 0 spiro atoms. The molecule has 1 aromatic rings. The van der Waals surface area contributed by atoms with E-state index in [-0.39, 0.29) is 5.41 Å². The highest BCUT2D eigenvalue weighted by Crippen LogP contribution is 2.26. The molecule has 21 heavy (non-hydrogen) atoms. The van der Waals surface area contributed by atoms with Crippen LogP contribution >= 0.6 is 11.3 Å². The Bertz CT molecular complexity index is 477. The van der Waals surface area contributed by atoms with Gasteiger partial charge in [-0.25, -0.2) is 0 Å². The van der Waals surface area contributed by atoms with Crippen LogP contribution < -0.4 is 10.6 Å². The molecule has 0 unspecified atom stereocenters. The van der Waals surface area contributed by atoms with Crippen molar-refractivity contribution in [1.29, 1.82) is 0 Å². The van der Waals surface area contributed by atoms with Gasteiger partial charge in [0, 0.05) is 36.5 Å². The predicted octanol–water partition coefficient (Wildman–Crippen LogP) is 0.964. The molecule has 0 radical (unpaired) electrons. The summed E-state index contributed by atoms with van der Waals surface area (Å²) in [5.74, 6) is -0.915. The first kappa shape index (κ1) is 16.0. The van der Waals surface area contributed by atoms with Gasteiger partial charge < -0.3 is 15.5 Å². The number of nitrogens with zero attached hydrogens (tertiary/aromatic N) is 1. The first-order valence-corrected chi connectivity index (χ1v) is 8.20. The maximum atomic E-state index is 12.1. The van der Waals surface area contributed by atoms with E-state index in [4.69, 9.17) is 0 Å². The van der Waals surface area contributed by atoms with E-state index in [1.54, 1.807) is 16.2 Å². The number of amides is 2. The predicted molar refractivity (Wildman–Crippen MR) is 84.4 cm³/mol. The normalized spacial score (nSPS) is 16.4. The highest BCUT2D eigenvalue weighted by molar-refractivity contribution is 7.10. The van der Waals surface area contributed by atoms with Gasteiger partial charge in [-0.2, -0.15) is 0 Å². The summed E-state index contributed by atoms with van der Waals surface area (Å²) >= 11 is 1.67. The van der Waals surface area contributed by atoms with Crippen LogP contribution in [0.2, 0.25) is 0 Å². The Morgan fingerprint density at radius 1 is 1.38 bits per heavy atom. The molecule has 1 aliphatic heterocycles. The van der Waals surface area contributed by atoms with Crippen LogP contribution in [0.3, 0.4) is 0 Å². The fourth-order valence-corrected chi connectivity index (χ4v) is 3.17. The largest absolute Gasteiger partial charge is 0.347 e. The van der Waals surface area contributed by atoms with Crippen molar-refractivity contribution in [3.05, 3.63) is 22.4 Å². The van der Waals surface area contributed by atoms with Crippen LogP contribution in [0, 0.1) is 0 Å². The smallest absolute Gasteiger partial charge is 0.311 e. The van der Waals surface area contributed by atoms with Gasteiger partial charge in [-0.05, 0) is 24.4 Å². The summed E-state index contributed by atoms with van der Waals surface area (Å²) in [4.78, 5) is 27.0. The monoisotopic (exact) mass is 309 g/mol. The number of carbonyl (C=O) groups excluding carboxylic acids is 2. The minimum atomic E-state index is -0.499. The molecule has 2 rings (SSSR count). The van der Waals surface area contributed by atoms with Gasteiger partial charge in [0.05, 0.1) is 0 Å². The molecule has 0 aliphatic carbocycles. The maximum absolute atomic E-state index is 12.1. The van der Waals surface area contributed by atoms with Crippen molar-refractivity contribution in [3.63, 3.8) is 0 Å². The summed E-state index contributed by atoms with van der Waals surface area (Å²) in [6.45, 7) is 7.49. The van der Waals surface area contributed by atoms with Crippen LogP contribution in [-0.4, -0.2) is 49.4 Å². The third kappa shape index (κ3) is 4.28. The van der Waals surface area contributed by atoms with Gasteiger partial charge in [-0.1, -0.05) is 19.9 Å². The molecule has 0 bridgehead atoms. The van der Waals surface area contributed by atoms with Crippen molar-refractivity contribution in [1.82, 2.24) is 15.5 Å². The molecule has 1 fully saturated rings. The van der Waals surface area contributed by atoms with Crippen LogP contribution in [-0.2, 0) is 15.0 Å². The van der Waals surface area contributed by atoms with Gasteiger partial charge in [-0.3, -0.25) is 9.59 Å². The third-order valence-corrected chi connectivity index (χ3v) is 4.94. The van der Waals surface area contributed by atoms with E-state index in [0.29, 0.717) is 19.6 Å². The molecular weight excluding hydrogens is 286 g/mol. The summed E-state index contributed by atoms with van der Waals surface area (Å²) in [7, 11) is 0. The molecule has 0 saturated carbocycles. The van der Waals surface area contributed by atoms with E-state index in [0.717, 1.165) is 19.5 Å². The van der Waals surface area contributed by atoms with Gasteiger partial charge in [-0.15, -0.1) is 11.3 Å². The Kier molecular flexibility index (Phi) is 5.36. The van der Waals surface area contributed by atoms with Crippen molar-refractivity contribution in [3.8, 4) is 0 Å². The topological polar surface area (TPSA) is 61.4 Å². The van der Waals surface area contributed by atoms with Crippen molar-refractivity contribution in [2.45, 2.75) is 25.7 Å². The Balaban J connectivity index is 1.87. The highest BCUT2D eigenvalue weighted by Gasteiger charge is 2.26. The summed E-state index contributed by atoms with van der Waals surface area (Å²) in [5, 5.41) is 8.03. The molecule has 2 amide bonds.